The first-order chi connectivity index (χ1) is 17.5. The Bertz CT molecular complexity index is 1430. The van der Waals surface area contributed by atoms with Gasteiger partial charge < -0.3 is 19.5 Å². The third-order valence-corrected chi connectivity index (χ3v) is 8.84. The standard InChI is InChI=1S/C30H31N3O2S/c1-19-10-11-20(2)25(17-19)31-30(34)33-18-24-23-7-4-5-9-27(23)36-29(24)32-16-6-8-26(32)28(33)21-12-14-22(35-3)15-13-21/h6,8,10-17,28H,4-5,7,9,18H2,1-3H3,(H,31,34)/t28-/m1/s1. The highest BCUT2D eigenvalue weighted by Gasteiger charge is 2.36. The Morgan fingerprint density at radius 1 is 1.03 bits per heavy atom. The van der Waals surface area contributed by atoms with Gasteiger partial charge in [-0.15, -0.1) is 11.3 Å². The van der Waals surface area contributed by atoms with Crippen molar-refractivity contribution in [2.45, 2.75) is 52.1 Å². The fraction of sp³-hybridized carbons (Fsp3) is 0.300. The smallest absolute Gasteiger partial charge is 0.322 e. The molecule has 2 aromatic heterocycles. The lowest BCUT2D eigenvalue weighted by Gasteiger charge is -2.31. The molecule has 4 aromatic rings. The van der Waals surface area contributed by atoms with E-state index in [1.165, 1.54) is 33.8 Å². The third kappa shape index (κ3) is 3.90. The van der Waals surface area contributed by atoms with Gasteiger partial charge in [-0.3, -0.25) is 0 Å². The maximum atomic E-state index is 14.1. The molecule has 36 heavy (non-hydrogen) atoms. The number of aryl methyl sites for hydroxylation is 3. The van der Waals surface area contributed by atoms with Gasteiger partial charge >= 0.3 is 6.03 Å². The van der Waals surface area contributed by atoms with Crippen molar-refractivity contribution in [3.05, 3.63) is 99.2 Å². The zero-order valence-electron chi connectivity index (χ0n) is 21.0. The summed E-state index contributed by atoms with van der Waals surface area (Å²) in [4.78, 5) is 17.6. The second-order valence-electron chi connectivity index (χ2n) is 9.85. The van der Waals surface area contributed by atoms with E-state index in [-0.39, 0.29) is 12.1 Å². The van der Waals surface area contributed by atoms with E-state index >= 15 is 0 Å². The molecule has 1 aliphatic carbocycles. The van der Waals surface area contributed by atoms with Gasteiger partial charge in [0, 0.05) is 22.3 Å². The number of amides is 2. The molecule has 3 heterocycles. The maximum absolute atomic E-state index is 14.1. The highest BCUT2D eigenvalue weighted by molar-refractivity contribution is 7.15. The number of carbonyl (C=O) groups is 1. The van der Waals surface area contributed by atoms with Gasteiger partial charge in [-0.2, -0.15) is 0 Å². The van der Waals surface area contributed by atoms with E-state index in [2.05, 4.69) is 59.4 Å². The van der Waals surface area contributed by atoms with Crippen molar-refractivity contribution in [2.75, 3.05) is 12.4 Å². The number of thiophene rings is 1. The Morgan fingerprint density at radius 2 is 1.83 bits per heavy atom. The van der Waals surface area contributed by atoms with Crippen LogP contribution in [0.2, 0.25) is 0 Å². The molecule has 6 rings (SSSR count). The van der Waals surface area contributed by atoms with Gasteiger partial charge in [-0.1, -0.05) is 24.3 Å². The van der Waals surface area contributed by atoms with Crippen molar-refractivity contribution in [1.82, 2.24) is 9.47 Å². The zero-order valence-corrected chi connectivity index (χ0v) is 21.8. The molecule has 0 saturated carbocycles. The average molecular weight is 498 g/mol. The molecule has 2 amide bonds. The van der Waals surface area contributed by atoms with Crippen LogP contribution in [-0.2, 0) is 19.4 Å². The van der Waals surface area contributed by atoms with E-state index in [0.29, 0.717) is 6.54 Å². The number of fused-ring (bicyclic) bond motifs is 5. The number of anilines is 1. The van der Waals surface area contributed by atoms with Crippen LogP contribution in [-0.4, -0.2) is 22.6 Å². The number of benzene rings is 2. The quantitative estimate of drug-likeness (QED) is 0.326. The minimum Gasteiger partial charge on any atom is -0.497 e. The summed E-state index contributed by atoms with van der Waals surface area (Å²) in [5.41, 5.74) is 7.98. The van der Waals surface area contributed by atoms with Gasteiger partial charge in [-0.05, 0) is 92.1 Å². The molecular weight excluding hydrogens is 466 g/mol. The summed E-state index contributed by atoms with van der Waals surface area (Å²) in [6.07, 6.45) is 6.85. The summed E-state index contributed by atoms with van der Waals surface area (Å²) in [5.74, 6) is 0.808. The van der Waals surface area contributed by atoms with Gasteiger partial charge in [0.15, 0.2) is 0 Å². The lowest BCUT2D eigenvalue weighted by Crippen LogP contribution is -2.38. The monoisotopic (exact) mass is 497 g/mol. The van der Waals surface area contributed by atoms with Crippen LogP contribution >= 0.6 is 11.3 Å². The number of aromatic nitrogens is 1. The topological polar surface area (TPSA) is 46.5 Å². The van der Waals surface area contributed by atoms with E-state index < -0.39 is 0 Å². The molecule has 184 valence electrons. The number of nitrogens with one attached hydrogen (secondary N) is 1. The van der Waals surface area contributed by atoms with Crippen LogP contribution in [0.4, 0.5) is 10.5 Å². The van der Waals surface area contributed by atoms with Gasteiger partial charge in [-0.25, -0.2) is 4.79 Å². The Kier molecular flexibility index (Phi) is 5.84. The summed E-state index contributed by atoms with van der Waals surface area (Å²) in [7, 11) is 1.68. The number of hydrogen-bond donors (Lipinski definition) is 1. The molecule has 0 bridgehead atoms. The summed E-state index contributed by atoms with van der Waals surface area (Å²) in [5, 5.41) is 4.52. The van der Waals surface area contributed by atoms with Crippen LogP contribution in [0.3, 0.4) is 0 Å². The average Bonchev–Trinajstić information content (AvgIpc) is 3.48. The Balaban J connectivity index is 1.49. The Morgan fingerprint density at radius 3 is 2.64 bits per heavy atom. The fourth-order valence-corrected chi connectivity index (χ4v) is 6.98. The second kappa shape index (κ2) is 9.17. The number of methoxy groups -OCH3 is 1. The van der Waals surface area contributed by atoms with Gasteiger partial charge in [0.05, 0.1) is 25.4 Å². The summed E-state index contributed by atoms with van der Waals surface area (Å²) in [6, 6.07) is 18.2. The molecule has 2 aliphatic rings. The van der Waals surface area contributed by atoms with Crippen LogP contribution in [0, 0.1) is 13.8 Å². The predicted octanol–water partition coefficient (Wildman–Crippen LogP) is 7.18. The van der Waals surface area contributed by atoms with E-state index in [0.717, 1.165) is 46.7 Å². The Labute approximate surface area is 216 Å². The van der Waals surface area contributed by atoms with Crippen LogP contribution in [0.25, 0.3) is 5.00 Å². The van der Waals surface area contributed by atoms with E-state index in [1.54, 1.807) is 7.11 Å². The molecule has 0 radical (unpaired) electrons. The van der Waals surface area contributed by atoms with Crippen LogP contribution in [0.1, 0.15) is 57.3 Å². The van der Waals surface area contributed by atoms with Crippen molar-refractivity contribution in [1.29, 1.82) is 0 Å². The molecule has 1 N–H and O–H groups in total. The molecule has 0 unspecified atom stereocenters. The van der Waals surface area contributed by atoms with Crippen LogP contribution < -0.4 is 10.1 Å². The normalized spacial score (nSPS) is 16.5. The number of carbonyl (C=O) groups excluding carboxylic acids is 1. The molecule has 0 spiro atoms. The van der Waals surface area contributed by atoms with Crippen LogP contribution in [0.5, 0.6) is 5.75 Å². The number of ether oxygens (including phenoxy) is 1. The third-order valence-electron chi connectivity index (χ3n) is 7.51. The first-order valence-electron chi connectivity index (χ1n) is 12.6. The molecule has 1 aliphatic heterocycles. The second-order valence-corrected chi connectivity index (χ2v) is 10.9. The molecule has 6 heteroatoms. The molecule has 5 nitrogen and oxygen atoms in total. The van der Waals surface area contributed by atoms with E-state index in [1.807, 2.05) is 41.4 Å². The van der Waals surface area contributed by atoms with Gasteiger partial charge in [0.25, 0.3) is 0 Å². The summed E-state index contributed by atoms with van der Waals surface area (Å²) < 4.78 is 7.74. The maximum Gasteiger partial charge on any atom is 0.322 e. The first-order valence-corrected chi connectivity index (χ1v) is 13.4. The largest absolute Gasteiger partial charge is 0.497 e. The number of urea groups is 1. The molecular formula is C30H31N3O2S. The SMILES string of the molecule is COc1ccc([C@@H]2c3cccn3-c3sc4c(c3CN2C(=O)Nc2cc(C)ccc2C)CCCC4)cc1. The predicted molar refractivity (Wildman–Crippen MR) is 146 cm³/mol. The molecule has 0 fully saturated rings. The minimum atomic E-state index is -0.227. The zero-order chi connectivity index (χ0) is 24.8. The van der Waals surface area contributed by atoms with E-state index in [4.69, 9.17) is 4.74 Å². The van der Waals surface area contributed by atoms with Crippen molar-refractivity contribution in [2.24, 2.45) is 0 Å². The van der Waals surface area contributed by atoms with Gasteiger partial charge in [0.1, 0.15) is 10.8 Å². The lowest BCUT2D eigenvalue weighted by molar-refractivity contribution is 0.194. The summed E-state index contributed by atoms with van der Waals surface area (Å²) >= 11 is 1.91. The Hall–Kier alpha value is -3.51. The minimum absolute atomic E-state index is 0.0825. The molecule has 1 atom stereocenters. The van der Waals surface area contributed by atoms with Crippen molar-refractivity contribution < 1.29 is 9.53 Å². The number of rotatable bonds is 3. The van der Waals surface area contributed by atoms with E-state index in [9.17, 15) is 4.79 Å². The molecule has 0 saturated heterocycles. The fourth-order valence-electron chi connectivity index (χ4n) is 5.58. The van der Waals surface area contributed by atoms with Crippen molar-refractivity contribution in [3.8, 4) is 10.8 Å². The highest BCUT2D eigenvalue weighted by atomic mass is 32.1. The van der Waals surface area contributed by atoms with Crippen molar-refractivity contribution in [3.63, 3.8) is 0 Å². The first kappa shape index (κ1) is 22.9. The number of hydrogen-bond acceptors (Lipinski definition) is 3. The molecule has 2 aromatic carbocycles. The lowest BCUT2D eigenvalue weighted by atomic mass is 9.95. The number of nitrogens with zero attached hydrogens (tertiary/aromatic N) is 2. The van der Waals surface area contributed by atoms with Crippen molar-refractivity contribution >= 4 is 23.1 Å². The summed E-state index contributed by atoms with van der Waals surface area (Å²) in [6.45, 7) is 4.67. The highest BCUT2D eigenvalue weighted by Crippen LogP contribution is 2.44. The van der Waals surface area contributed by atoms with Gasteiger partial charge in [0.2, 0.25) is 0 Å². The van der Waals surface area contributed by atoms with Crippen LogP contribution in [0.15, 0.2) is 60.8 Å².